The van der Waals surface area contributed by atoms with Crippen molar-refractivity contribution in [2.45, 2.75) is 41.6 Å². The van der Waals surface area contributed by atoms with Gasteiger partial charge in [-0.15, -0.1) is 0 Å². The molecule has 2 rings (SSSR count). The predicted molar refractivity (Wildman–Crippen MR) is 105 cm³/mol. The fourth-order valence-electron chi connectivity index (χ4n) is 2.76. The number of hydrogen-bond acceptors (Lipinski definition) is 5. The van der Waals surface area contributed by atoms with Gasteiger partial charge in [0.1, 0.15) is 6.29 Å². The molecule has 0 amide bonds. The highest BCUT2D eigenvalue weighted by molar-refractivity contribution is 8.09. The quantitative estimate of drug-likeness (QED) is 0.655. The zero-order valence-electron chi connectivity index (χ0n) is 15.6. The van der Waals surface area contributed by atoms with Gasteiger partial charge in [-0.25, -0.2) is 16.8 Å². The Bertz CT molecular complexity index is 904. The van der Waals surface area contributed by atoms with Gasteiger partial charge in [0.15, 0.2) is 24.3 Å². The lowest BCUT2D eigenvalue weighted by Gasteiger charge is -2.29. The van der Waals surface area contributed by atoms with E-state index in [0.29, 0.717) is 6.29 Å². The highest BCUT2D eigenvalue weighted by atomic mass is 32.3. The number of benzene rings is 2. The molecule has 0 spiro atoms. The molecule has 5 nitrogen and oxygen atoms in total. The van der Waals surface area contributed by atoms with Gasteiger partial charge >= 0.3 is 0 Å². The number of carbonyl (C=O) groups excluding carboxylic acids is 1. The monoisotopic (exact) mass is 408 g/mol. The summed E-state index contributed by atoms with van der Waals surface area (Å²) in [5.41, 5.74) is -0.571. The van der Waals surface area contributed by atoms with E-state index in [2.05, 4.69) is 0 Å². The van der Waals surface area contributed by atoms with Crippen LogP contribution in [0.4, 0.5) is 0 Å². The second-order valence-corrected chi connectivity index (χ2v) is 12.0. The highest BCUT2D eigenvalue weighted by Crippen LogP contribution is 2.35. The molecule has 0 N–H and O–H groups in total. The van der Waals surface area contributed by atoms with E-state index < -0.39 is 35.6 Å². The zero-order valence-corrected chi connectivity index (χ0v) is 17.2. The van der Waals surface area contributed by atoms with Crippen LogP contribution in [0.5, 0.6) is 0 Å². The molecule has 0 aliphatic heterocycles. The number of sulfone groups is 2. The maximum absolute atomic E-state index is 13.2. The van der Waals surface area contributed by atoms with Gasteiger partial charge in [0.05, 0.1) is 9.79 Å². The first kappa shape index (κ1) is 21.3. The van der Waals surface area contributed by atoms with Crippen LogP contribution in [0.15, 0.2) is 70.5 Å². The summed E-state index contributed by atoms with van der Waals surface area (Å²) in [5, 5.41) is 0. The van der Waals surface area contributed by atoms with Crippen LogP contribution >= 0.6 is 0 Å². The Kier molecular flexibility index (Phi) is 6.27. The lowest BCUT2D eigenvalue weighted by Crippen LogP contribution is -2.36. The minimum Gasteiger partial charge on any atom is -0.303 e. The number of aldehydes is 1. The second kappa shape index (κ2) is 7.94. The van der Waals surface area contributed by atoms with Gasteiger partial charge in [0.25, 0.3) is 0 Å². The molecule has 0 fully saturated rings. The van der Waals surface area contributed by atoms with Crippen molar-refractivity contribution in [3.63, 3.8) is 0 Å². The zero-order chi connectivity index (χ0) is 20.3. The minimum atomic E-state index is -4.22. The summed E-state index contributed by atoms with van der Waals surface area (Å²) >= 11 is 0. The van der Waals surface area contributed by atoms with Crippen LogP contribution in [0.1, 0.15) is 27.2 Å². The smallest absolute Gasteiger partial charge is 0.195 e. The lowest BCUT2D eigenvalue weighted by molar-refractivity contribution is -0.113. The van der Waals surface area contributed by atoms with Gasteiger partial charge in [0.2, 0.25) is 0 Å². The summed E-state index contributed by atoms with van der Waals surface area (Å²) in [4.78, 5) is 11.5. The number of carbonyl (C=O) groups is 1. The van der Waals surface area contributed by atoms with Gasteiger partial charge in [-0.2, -0.15) is 0 Å². The van der Waals surface area contributed by atoms with Crippen molar-refractivity contribution in [3.05, 3.63) is 60.7 Å². The van der Waals surface area contributed by atoms with Gasteiger partial charge in [-0.3, -0.25) is 0 Å². The second-order valence-electron chi connectivity index (χ2n) is 7.49. The van der Waals surface area contributed by atoms with Crippen LogP contribution in [0.25, 0.3) is 0 Å². The van der Waals surface area contributed by atoms with Crippen LogP contribution in [0, 0.1) is 11.3 Å². The summed E-state index contributed by atoms with van der Waals surface area (Å²) in [6, 6.07) is 15.0. The summed E-state index contributed by atoms with van der Waals surface area (Å²) < 4.78 is 51.2. The Morgan fingerprint density at radius 2 is 1.15 bits per heavy atom. The lowest BCUT2D eigenvalue weighted by atomic mass is 9.80. The topological polar surface area (TPSA) is 85.3 Å². The molecule has 0 aliphatic rings. The predicted octanol–water partition coefficient (Wildman–Crippen LogP) is 3.51. The van der Waals surface area contributed by atoms with Crippen molar-refractivity contribution in [2.75, 3.05) is 0 Å². The van der Waals surface area contributed by atoms with Gasteiger partial charge in [-0.1, -0.05) is 57.2 Å². The number of hydrogen-bond donors (Lipinski definition) is 0. The fourth-order valence-corrected chi connectivity index (χ4v) is 7.37. The Morgan fingerprint density at radius 3 is 1.44 bits per heavy atom. The van der Waals surface area contributed by atoms with E-state index in [0.717, 1.165) is 0 Å². The van der Waals surface area contributed by atoms with Crippen LogP contribution in [0.3, 0.4) is 0 Å². The molecule has 0 heterocycles. The average molecular weight is 409 g/mol. The Labute approximate surface area is 161 Å². The SMILES string of the molecule is CC(C)(C)[C@H](C=O)CC(S(=O)(=O)c1ccccc1)S(=O)(=O)c1ccccc1. The third kappa shape index (κ3) is 4.65. The van der Waals surface area contributed by atoms with E-state index in [-0.39, 0.29) is 16.2 Å². The van der Waals surface area contributed by atoms with Gasteiger partial charge < -0.3 is 4.79 Å². The normalized spacial score (nSPS) is 14.1. The van der Waals surface area contributed by atoms with E-state index in [1.165, 1.54) is 24.3 Å². The molecule has 2 aromatic rings. The molecular formula is C20H24O5S2. The molecule has 0 unspecified atom stereocenters. The molecule has 7 heteroatoms. The first-order chi connectivity index (χ1) is 12.5. The molecule has 0 saturated carbocycles. The molecule has 0 bridgehead atoms. The molecule has 2 aromatic carbocycles. The van der Waals surface area contributed by atoms with Crippen LogP contribution < -0.4 is 0 Å². The standard InChI is InChI=1S/C20H24O5S2/c1-20(2,3)16(15-21)14-19(26(22,23)17-10-6-4-7-11-17)27(24,25)18-12-8-5-9-13-18/h4-13,15-16,19H,14H2,1-3H3/t16-/m0/s1. The van der Waals surface area contributed by atoms with Crippen molar-refractivity contribution in [2.24, 2.45) is 11.3 Å². The molecule has 0 aromatic heterocycles. The van der Waals surface area contributed by atoms with E-state index >= 15 is 0 Å². The van der Waals surface area contributed by atoms with Crippen LogP contribution in [-0.4, -0.2) is 27.7 Å². The molecule has 146 valence electrons. The molecule has 1 atom stereocenters. The number of rotatable bonds is 7. The maximum Gasteiger partial charge on any atom is 0.195 e. The third-order valence-corrected chi connectivity index (χ3v) is 9.71. The van der Waals surface area contributed by atoms with E-state index in [1.54, 1.807) is 57.2 Å². The summed E-state index contributed by atoms with van der Waals surface area (Å²) in [6.45, 7) is 5.36. The van der Waals surface area contributed by atoms with E-state index in [4.69, 9.17) is 0 Å². The largest absolute Gasteiger partial charge is 0.303 e. The van der Waals surface area contributed by atoms with Crippen LogP contribution in [0.2, 0.25) is 0 Å². The third-order valence-electron chi connectivity index (χ3n) is 4.56. The van der Waals surface area contributed by atoms with Crippen molar-refractivity contribution in [3.8, 4) is 0 Å². The van der Waals surface area contributed by atoms with Crippen molar-refractivity contribution in [1.82, 2.24) is 0 Å². The maximum atomic E-state index is 13.2. The van der Waals surface area contributed by atoms with E-state index in [9.17, 15) is 21.6 Å². The van der Waals surface area contributed by atoms with Crippen molar-refractivity contribution in [1.29, 1.82) is 0 Å². The Morgan fingerprint density at radius 1 is 0.778 bits per heavy atom. The van der Waals surface area contributed by atoms with Gasteiger partial charge in [0, 0.05) is 5.92 Å². The summed E-state index contributed by atoms with van der Waals surface area (Å²) in [6.07, 6.45) is 0.343. The van der Waals surface area contributed by atoms with Gasteiger partial charge in [-0.05, 0) is 36.1 Å². The first-order valence-electron chi connectivity index (χ1n) is 8.54. The molecular weight excluding hydrogens is 384 g/mol. The van der Waals surface area contributed by atoms with E-state index in [1.807, 2.05) is 0 Å². The average Bonchev–Trinajstić information content (AvgIpc) is 2.62. The van der Waals surface area contributed by atoms with Crippen molar-refractivity contribution < 1.29 is 21.6 Å². The van der Waals surface area contributed by atoms with Crippen LogP contribution in [-0.2, 0) is 24.5 Å². The summed E-state index contributed by atoms with van der Waals surface area (Å²) in [5.74, 6) is -0.737. The molecule has 27 heavy (non-hydrogen) atoms. The summed E-state index contributed by atoms with van der Waals surface area (Å²) in [7, 11) is -8.44. The molecule has 0 saturated heterocycles. The Balaban J connectivity index is 2.64. The van der Waals surface area contributed by atoms with Crippen molar-refractivity contribution >= 4 is 26.0 Å². The molecule has 0 aliphatic carbocycles. The highest BCUT2D eigenvalue weighted by Gasteiger charge is 2.43. The Hall–Kier alpha value is -1.99. The molecule has 0 radical (unpaired) electrons. The fraction of sp³-hybridized carbons (Fsp3) is 0.350. The first-order valence-corrected chi connectivity index (χ1v) is 11.6. The minimum absolute atomic E-state index is 0.0759.